The summed E-state index contributed by atoms with van der Waals surface area (Å²) < 4.78 is 5.82. The van der Waals surface area contributed by atoms with E-state index in [2.05, 4.69) is 4.98 Å². The lowest BCUT2D eigenvalue weighted by Gasteiger charge is -2.30. The molecule has 2 N–H and O–H groups in total. The van der Waals surface area contributed by atoms with Gasteiger partial charge in [0.2, 0.25) is 5.91 Å². The Morgan fingerprint density at radius 1 is 1.12 bits per heavy atom. The normalized spacial score (nSPS) is 15.1. The molecule has 6 heteroatoms. The molecule has 24 heavy (non-hydrogen) atoms. The van der Waals surface area contributed by atoms with Crippen molar-refractivity contribution in [1.82, 2.24) is 9.88 Å². The first kappa shape index (κ1) is 16.0. The SMILES string of the molecule is NC(=O)C1CCN(C(=O)c2cnccc2Oc2ccccc2)CC1. The number of benzene rings is 1. The predicted molar refractivity (Wildman–Crippen MR) is 88.6 cm³/mol. The number of likely N-dealkylation sites (tertiary alicyclic amines) is 1. The summed E-state index contributed by atoms with van der Waals surface area (Å²) in [5, 5.41) is 0. The van der Waals surface area contributed by atoms with E-state index in [9.17, 15) is 9.59 Å². The van der Waals surface area contributed by atoms with Gasteiger partial charge in [0.1, 0.15) is 17.1 Å². The van der Waals surface area contributed by atoms with Crippen LogP contribution in [0.15, 0.2) is 48.8 Å². The van der Waals surface area contributed by atoms with Crippen LogP contribution in [-0.2, 0) is 4.79 Å². The van der Waals surface area contributed by atoms with Gasteiger partial charge in [-0.15, -0.1) is 0 Å². The van der Waals surface area contributed by atoms with E-state index >= 15 is 0 Å². The largest absolute Gasteiger partial charge is 0.456 e. The van der Waals surface area contributed by atoms with Crippen molar-refractivity contribution in [3.8, 4) is 11.5 Å². The summed E-state index contributed by atoms with van der Waals surface area (Å²) in [4.78, 5) is 29.8. The van der Waals surface area contributed by atoms with Crippen molar-refractivity contribution < 1.29 is 14.3 Å². The molecule has 1 aromatic heterocycles. The number of nitrogens with zero attached hydrogens (tertiary/aromatic N) is 2. The number of aromatic nitrogens is 1. The molecule has 2 heterocycles. The van der Waals surface area contributed by atoms with Crippen molar-refractivity contribution in [1.29, 1.82) is 0 Å². The molecule has 0 radical (unpaired) electrons. The van der Waals surface area contributed by atoms with E-state index in [-0.39, 0.29) is 17.7 Å². The Morgan fingerprint density at radius 3 is 2.50 bits per heavy atom. The third-order valence-corrected chi connectivity index (χ3v) is 4.17. The minimum absolute atomic E-state index is 0.142. The van der Waals surface area contributed by atoms with Crippen molar-refractivity contribution in [3.05, 3.63) is 54.4 Å². The van der Waals surface area contributed by atoms with Crippen LogP contribution in [0, 0.1) is 5.92 Å². The number of pyridine rings is 1. The van der Waals surface area contributed by atoms with Crippen LogP contribution >= 0.6 is 0 Å². The molecule has 0 atom stereocenters. The number of carbonyl (C=O) groups excluding carboxylic acids is 2. The van der Waals surface area contributed by atoms with Crippen LogP contribution in [0.3, 0.4) is 0 Å². The number of primary amides is 1. The molecule has 2 amide bonds. The van der Waals surface area contributed by atoms with Crippen molar-refractivity contribution >= 4 is 11.8 Å². The van der Waals surface area contributed by atoms with Crippen molar-refractivity contribution in [2.45, 2.75) is 12.8 Å². The zero-order valence-corrected chi connectivity index (χ0v) is 13.2. The third-order valence-electron chi connectivity index (χ3n) is 4.17. The quantitative estimate of drug-likeness (QED) is 0.934. The van der Waals surface area contributed by atoms with Crippen LogP contribution in [0.25, 0.3) is 0 Å². The fourth-order valence-electron chi connectivity index (χ4n) is 2.78. The first-order chi connectivity index (χ1) is 11.6. The lowest BCUT2D eigenvalue weighted by Crippen LogP contribution is -2.41. The Morgan fingerprint density at radius 2 is 1.83 bits per heavy atom. The average molecular weight is 325 g/mol. The summed E-state index contributed by atoms with van der Waals surface area (Å²) in [5.74, 6) is 0.542. The molecule has 1 aliphatic heterocycles. The van der Waals surface area contributed by atoms with Crippen LogP contribution in [0.5, 0.6) is 11.5 Å². The van der Waals surface area contributed by atoms with Gasteiger partial charge in [0.15, 0.2) is 0 Å². The maximum atomic E-state index is 12.8. The van der Waals surface area contributed by atoms with Crippen molar-refractivity contribution in [2.24, 2.45) is 11.7 Å². The molecule has 0 unspecified atom stereocenters. The minimum Gasteiger partial charge on any atom is -0.456 e. The van der Waals surface area contributed by atoms with E-state index in [1.165, 1.54) is 6.20 Å². The molecule has 0 bridgehead atoms. The van der Waals surface area contributed by atoms with Crippen LogP contribution in [0.4, 0.5) is 0 Å². The van der Waals surface area contributed by atoms with E-state index in [1.54, 1.807) is 17.2 Å². The van der Waals surface area contributed by atoms with Gasteiger partial charge < -0.3 is 15.4 Å². The monoisotopic (exact) mass is 325 g/mol. The highest BCUT2D eigenvalue weighted by Gasteiger charge is 2.28. The Hall–Kier alpha value is -2.89. The molecule has 1 fully saturated rings. The predicted octanol–water partition coefficient (Wildman–Crippen LogP) is 2.21. The average Bonchev–Trinajstić information content (AvgIpc) is 2.62. The molecular formula is C18H19N3O3. The number of ether oxygens (including phenoxy) is 1. The Bertz CT molecular complexity index is 725. The number of hydrogen-bond acceptors (Lipinski definition) is 4. The number of carbonyl (C=O) groups is 2. The van der Waals surface area contributed by atoms with E-state index in [4.69, 9.17) is 10.5 Å². The van der Waals surface area contributed by atoms with Crippen molar-refractivity contribution in [3.63, 3.8) is 0 Å². The lowest BCUT2D eigenvalue weighted by molar-refractivity contribution is -0.123. The summed E-state index contributed by atoms with van der Waals surface area (Å²) in [6.07, 6.45) is 4.29. The second kappa shape index (κ2) is 7.12. The van der Waals surface area contributed by atoms with Gasteiger partial charge in [-0.3, -0.25) is 14.6 Å². The zero-order valence-electron chi connectivity index (χ0n) is 13.2. The Balaban J connectivity index is 1.75. The van der Waals surface area contributed by atoms with Gasteiger partial charge in [0, 0.05) is 31.4 Å². The van der Waals surface area contributed by atoms with Crippen LogP contribution in [0.1, 0.15) is 23.2 Å². The first-order valence-electron chi connectivity index (χ1n) is 7.90. The fourth-order valence-corrected chi connectivity index (χ4v) is 2.78. The molecular weight excluding hydrogens is 306 g/mol. The Kier molecular flexibility index (Phi) is 4.74. The number of piperidine rings is 1. The maximum absolute atomic E-state index is 12.8. The number of amides is 2. The molecule has 3 rings (SSSR count). The van der Waals surface area contributed by atoms with Gasteiger partial charge in [-0.05, 0) is 31.0 Å². The van der Waals surface area contributed by atoms with Gasteiger partial charge in [-0.1, -0.05) is 18.2 Å². The topological polar surface area (TPSA) is 85.5 Å². The zero-order chi connectivity index (χ0) is 16.9. The highest BCUT2D eigenvalue weighted by atomic mass is 16.5. The second-order valence-electron chi connectivity index (χ2n) is 5.76. The van der Waals surface area contributed by atoms with Gasteiger partial charge in [-0.2, -0.15) is 0 Å². The number of nitrogens with two attached hydrogens (primary N) is 1. The minimum atomic E-state index is -0.295. The van der Waals surface area contributed by atoms with Crippen LogP contribution in [0.2, 0.25) is 0 Å². The van der Waals surface area contributed by atoms with E-state index in [1.807, 2.05) is 30.3 Å². The highest BCUT2D eigenvalue weighted by Crippen LogP contribution is 2.27. The summed E-state index contributed by atoms with van der Waals surface area (Å²) in [5.41, 5.74) is 5.75. The van der Waals surface area contributed by atoms with E-state index in [0.717, 1.165) is 0 Å². The van der Waals surface area contributed by atoms with Gasteiger partial charge >= 0.3 is 0 Å². The summed E-state index contributed by atoms with van der Waals surface area (Å²) in [6.45, 7) is 1.01. The van der Waals surface area contributed by atoms with Gasteiger partial charge in [0.05, 0.1) is 0 Å². The van der Waals surface area contributed by atoms with Crippen LogP contribution < -0.4 is 10.5 Å². The molecule has 2 aromatic rings. The van der Waals surface area contributed by atoms with Gasteiger partial charge in [0.25, 0.3) is 5.91 Å². The maximum Gasteiger partial charge on any atom is 0.259 e. The molecule has 1 saturated heterocycles. The summed E-state index contributed by atoms with van der Waals surface area (Å²) in [6, 6.07) is 11.0. The first-order valence-corrected chi connectivity index (χ1v) is 7.90. The Labute approximate surface area is 140 Å². The van der Waals surface area contributed by atoms with Gasteiger partial charge in [-0.25, -0.2) is 0 Å². The number of hydrogen-bond donors (Lipinski definition) is 1. The summed E-state index contributed by atoms with van der Waals surface area (Å²) >= 11 is 0. The number of rotatable bonds is 4. The molecule has 6 nitrogen and oxygen atoms in total. The number of para-hydroxylation sites is 1. The molecule has 124 valence electrons. The molecule has 1 aromatic carbocycles. The van der Waals surface area contributed by atoms with Crippen molar-refractivity contribution in [2.75, 3.05) is 13.1 Å². The molecule has 0 spiro atoms. The molecule has 0 aliphatic carbocycles. The van der Waals surface area contributed by atoms with Crippen LogP contribution in [-0.4, -0.2) is 34.8 Å². The second-order valence-corrected chi connectivity index (χ2v) is 5.76. The lowest BCUT2D eigenvalue weighted by atomic mass is 9.96. The third kappa shape index (κ3) is 3.53. The fraction of sp³-hybridized carbons (Fsp3) is 0.278. The standard InChI is InChI=1S/C18H19N3O3/c19-17(22)13-7-10-21(11-8-13)18(23)15-12-20-9-6-16(15)24-14-4-2-1-3-5-14/h1-6,9,12-13H,7-8,10-11H2,(H2,19,22). The molecule has 1 aliphatic rings. The summed E-state index contributed by atoms with van der Waals surface area (Å²) in [7, 11) is 0. The smallest absolute Gasteiger partial charge is 0.259 e. The highest BCUT2D eigenvalue weighted by molar-refractivity contribution is 5.96. The van der Waals surface area contributed by atoms with E-state index < -0.39 is 0 Å². The van der Waals surface area contributed by atoms with E-state index in [0.29, 0.717) is 43.0 Å². The molecule has 0 saturated carbocycles.